The molecule has 0 bridgehead atoms. The average molecular weight is 641 g/mol. The van der Waals surface area contributed by atoms with Crippen molar-refractivity contribution in [2.75, 3.05) is 17.5 Å². The number of ether oxygens (including phenoxy) is 1. The van der Waals surface area contributed by atoms with Crippen molar-refractivity contribution in [1.82, 2.24) is 14.9 Å². The van der Waals surface area contributed by atoms with Gasteiger partial charge in [0.15, 0.2) is 5.75 Å². The number of carbonyl (C=O) groups is 2. The van der Waals surface area contributed by atoms with Crippen molar-refractivity contribution in [1.29, 1.82) is 0 Å². The maximum atomic E-state index is 13.4. The van der Waals surface area contributed by atoms with Crippen LogP contribution in [0.3, 0.4) is 0 Å². The number of sulfonamides is 2. The van der Waals surface area contributed by atoms with E-state index in [9.17, 15) is 39.6 Å². The predicted octanol–water partition coefficient (Wildman–Crippen LogP) is 3.73. The molecule has 0 aromatic heterocycles. The van der Waals surface area contributed by atoms with E-state index in [0.29, 0.717) is 25.7 Å². The molecule has 2 amide bonds. The summed E-state index contributed by atoms with van der Waals surface area (Å²) >= 11 is 0. The van der Waals surface area contributed by atoms with Crippen LogP contribution in [0.25, 0.3) is 0 Å². The van der Waals surface area contributed by atoms with E-state index in [1.807, 2.05) is 0 Å². The third kappa shape index (κ3) is 10.0. The summed E-state index contributed by atoms with van der Waals surface area (Å²) in [5.74, 6) is -2.51. The van der Waals surface area contributed by atoms with Crippen molar-refractivity contribution in [2.45, 2.75) is 101 Å². The monoisotopic (exact) mass is 640 g/mol. The third-order valence-corrected chi connectivity index (χ3v) is 10.1. The van der Waals surface area contributed by atoms with Gasteiger partial charge in [0.2, 0.25) is 26.0 Å². The maximum absolute atomic E-state index is 13.4. The molecule has 0 spiro atoms. The van der Waals surface area contributed by atoms with E-state index in [1.54, 1.807) is 37.4 Å². The molecule has 11 nitrogen and oxygen atoms in total. The molecule has 2 saturated carbocycles. The van der Waals surface area contributed by atoms with Crippen molar-refractivity contribution in [3.63, 3.8) is 0 Å². The van der Waals surface area contributed by atoms with Crippen LogP contribution >= 0.6 is 0 Å². The Morgan fingerprint density at radius 1 is 0.976 bits per heavy atom. The van der Waals surface area contributed by atoms with E-state index in [2.05, 4.69) is 10.0 Å². The first-order valence-electron chi connectivity index (χ1n) is 13.7. The summed E-state index contributed by atoms with van der Waals surface area (Å²) in [5.41, 5.74) is -0.960. The summed E-state index contributed by atoms with van der Waals surface area (Å²) < 4.78 is 96.4. The number of rotatable bonds is 10. The Kier molecular flexibility index (Phi) is 10.5. The highest BCUT2D eigenvalue weighted by Crippen LogP contribution is 2.31. The Hall–Kier alpha value is -2.59. The second kappa shape index (κ2) is 13.0. The van der Waals surface area contributed by atoms with Gasteiger partial charge in [-0.05, 0) is 95.9 Å². The molecule has 0 heterocycles. The van der Waals surface area contributed by atoms with Gasteiger partial charge in [0.05, 0.1) is 4.90 Å². The number of benzene rings is 1. The van der Waals surface area contributed by atoms with Crippen LogP contribution in [0.2, 0.25) is 0 Å². The highest BCUT2D eigenvalue weighted by molar-refractivity contribution is 7.92. The predicted molar refractivity (Wildman–Crippen MR) is 150 cm³/mol. The minimum atomic E-state index is -4.93. The van der Waals surface area contributed by atoms with Gasteiger partial charge in [0.1, 0.15) is 11.6 Å². The molecular weight excluding hydrogens is 601 g/mol. The van der Waals surface area contributed by atoms with Crippen LogP contribution in [-0.4, -0.2) is 76.4 Å². The lowest BCUT2D eigenvalue weighted by molar-refractivity contribution is -0.137. The normalized spacial score (nSPS) is 21.1. The van der Waals surface area contributed by atoms with Crippen molar-refractivity contribution < 1.29 is 44.3 Å². The van der Waals surface area contributed by atoms with Gasteiger partial charge in [-0.2, -0.15) is 13.2 Å². The van der Waals surface area contributed by atoms with E-state index in [4.69, 9.17) is 4.74 Å². The third-order valence-electron chi connectivity index (χ3n) is 7.27. The fourth-order valence-corrected chi connectivity index (χ4v) is 7.28. The number of nitrogens with one attached hydrogen (secondary N) is 3. The first-order chi connectivity index (χ1) is 19.2. The van der Waals surface area contributed by atoms with E-state index < -0.39 is 55.8 Å². The van der Waals surface area contributed by atoms with E-state index in [0.717, 1.165) is 43.5 Å². The number of alkyl carbamates (subject to hydrolysis) is 1. The molecule has 42 heavy (non-hydrogen) atoms. The van der Waals surface area contributed by atoms with Crippen LogP contribution in [-0.2, 0) is 29.6 Å². The molecule has 1 aromatic carbocycles. The summed E-state index contributed by atoms with van der Waals surface area (Å²) in [5, 5.41) is 2.75. The highest BCUT2D eigenvalue weighted by atomic mass is 32.2. The molecule has 0 aliphatic heterocycles. The highest BCUT2D eigenvalue weighted by Gasteiger charge is 2.39. The fraction of sp³-hybridized carbons (Fsp3) is 0.692. The molecule has 2 fully saturated rings. The summed E-state index contributed by atoms with van der Waals surface area (Å²) in [4.78, 5) is 27.5. The van der Waals surface area contributed by atoms with Crippen molar-refractivity contribution >= 4 is 37.7 Å². The number of likely N-dealkylation sites (N-methyl/N-ethyl adjacent to an activating group) is 1. The molecule has 0 saturated heterocycles. The summed E-state index contributed by atoms with van der Waals surface area (Å²) in [6.07, 6.45) is -1.09. The van der Waals surface area contributed by atoms with E-state index >= 15 is 0 Å². The standard InChI is InChI=1S/C26H39F3N4O7S2/c1-25(2,3)40-24(35)30-22(23(34)33(4)20-6-5-7-20)17-8-10-19(11-9-17)32-42(38,39)21-14-12-18(13-15-21)31-41(36,37)16-26(27,28)29/h12-15,17,19-20,22,31-32H,5-11,16H2,1-4H3,(H,30,35). The van der Waals surface area contributed by atoms with Gasteiger partial charge in [-0.15, -0.1) is 0 Å². The van der Waals surface area contributed by atoms with Gasteiger partial charge in [0, 0.05) is 24.8 Å². The molecule has 1 aromatic rings. The zero-order valence-electron chi connectivity index (χ0n) is 24.0. The lowest BCUT2D eigenvalue weighted by atomic mass is 9.80. The van der Waals surface area contributed by atoms with Crippen LogP contribution in [0.15, 0.2) is 29.2 Å². The van der Waals surface area contributed by atoms with Crippen LogP contribution in [0.4, 0.5) is 23.7 Å². The summed E-state index contributed by atoms with van der Waals surface area (Å²) in [7, 11) is -7.02. The molecule has 1 atom stereocenters. The SMILES string of the molecule is CN(C(=O)C(NC(=O)OC(C)(C)C)C1CCC(NS(=O)(=O)c2ccc(NS(=O)(=O)CC(F)(F)F)cc2)CC1)C1CCC1. The van der Waals surface area contributed by atoms with Crippen molar-refractivity contribution in [3.05, 3.63) is 24.3 Å². The summed E-state index contributed by atoms with van der Waals surface area (Å²) in [6, 6.07) is 3.15. The van der Waals surface area contributed by atoms with Gasteiger partial charge in [-0.1, -0.05) is 0 Å². The minimum Gasteiger partial charge on any atom is -0.444 e. The smallest absolute Gasteiger partial charge is 0.408 e. The Labute approximate surface area is 245 Å². The largest absolute Gasteiger partial charge is 0.444 e. The lowest BCUT2D eigenvalue weighted by Gasteiger charge is -2.40. The summed E-state index contributed by atoms with van der Waals surface area (Å²) in [6.45, 7) is 5.17. The second-order valence-electron chi connectivity index (χ2n) is 11.9. The van der Waals surface area contributed by atoms with Gasteiger partial charge >= 0.3 is 12.3 Å². The number of halogens is 3. The number of carbonyl (C=O) groups excluding carboxylic acids is 2. The topological polar surface area (TPSA) is 151 Å². The van der Waals surface area contributed by atoms with Crippen LogP contribution < -0.4 is 14.8 Å². The zero-order chi connectivity index (χ0) is 31.5. The molecule has 3 N–H and O–H groups in total. The minimum absolute atomic E-state index is 0.120. The first-order valence-corrected chi connectivity index (χ1v) is 16.8. The Bertz CT molecular complexity index is 1320. The number of alkyl halides is 3. The number of anilines is 1. The van der Waals surface area contributed by atoms with Gasteiger partial charge in [-0.3, -0.25) is 9.52 Å². The van der Waals surface area contributed by atoms with Gasteiger partial charge in [-0.25, -0.2) is 26.4 Å². The molecule has 1 unspecified atom stereocenters. The average Bonchev–Trinajstić information content (AvgIpc) is 2.78. The van der Waals surface area contributed by atoms with E-state index in [1.165, 1.54) is 0 Å². The number of nitrogens with zero attached hydrogens (tertiary/aromatic N) is 1. The van der Waals surface area contributed by atoms with Crippen LogP contribution in [0, 0.1) is 5.92 Å². The zero-order valence-corrected chi connectivity index (χ0v) is 25.7. The van der Waals surface area contributed by atoms with Crippen LogP contribution in [0.5, 0.6) is 0 Å². The molecule has 2 aliphatic rings. The maximum Gasteiger partial charge on any atom is 0.408 e. The molecule has 238 valence electrons. The number of hydrogen-bond acceptors (Lipinski definition) is 7. The molecule has 2 aliphatic carbocycles. The van der Waals surface area contributed by atoms with E-state index in [-0.39, 0.29) is 28.4 Å². The van der Waals surface area contributed by atoms with Gasteiger partial charge < -0.3 is 15.0 Å². The van der Waals surface area contributed by atoms with Crippen LogP contribution in [0.1, 0.15) is 65.7 Å². The Morgan fingerprint density at radius 2 is 1.55 bits per heavy atom. The molecular formula is C26H39F3N4O7S2. The number of amides is 2. The molecule has 0 radical (unpaired) electrons. The van der Waals surface area contributed by atoms with Gasteiger partial charge in [0.25, 0.3) is 0 Å². The second-order valence-corrected chi connectivity index (χ2v) is 15.3. The van der Waals surface area contributed by atoms with Crippen molar-refractivity contribution in [2.24, 2.45) is 5.92 Å². The number of hydrogen-bond donors (Lipinski definition) is 3. The molecule has 3 rings (SSSR count). The lowest BCUT2D eigenvalue weighted by Crippen LogP contribution is -2.56. The van der Waals surface area contributed by atoms with Crippen molar-refractivity contribution in [3.8, 4) is 0 Å². The first kappa shape index (κ1) is 33.9. The molecule has 16 heteroatoms. The quantitative estimate of drug-likeness (QED) is 0.353. The Balaban J connectivity index is 1.62. The Morgan fingerprint density at radius 3 is 2.02 bits per heavy atom. The fourth-order valence-electron chi connectivity index (χ4n) is 4.98.